The zero-order valence-electron chi connectivity index (χ0n) is 11.3. The Hall–Kier alpha value is -1.90. The Morgan fingerprint density at radius 1 is 1.33 bits per heavy atom. The summed E-state index contributed by atoms with van der Waals surface area (Å²) in [5, 5.41) is 10.3. The number of sulfonamides is 1. The van der Waals surface area contributed by atoms with Crippen molar-refractivity contribution in [3.8, 4) is 0 Å². The van der Waals surface area contributed by atoms with Crippen molar-refractivity contribution in [3.63, 3.8) is 0 Å². The fourth-order valence-corrected chi connectivity index (χ4v) is 3.40. The van der Waals surface area contributed by atoms with Crippen LogP contribution in [-0.2, 0) is 16.6 Å². The Balaban J connectivity index is 1.79. The van der Waals surface area contributed by atoms with Crippen molar-refractivity contribution in [2.24, 2.45) is 5.14 Å². The van der Waals surface area contributed by atoms with Crippen molar-refractivity contribution in [2.45, 2.75) is 18.4 Å². The summed E-state index contributed by atoms with van der Waals surface area (Å²) in [6, 6.07) is 6.37. The van der Waals surface area contributed by atoms with Gasteiger partial charge in [0.25, 0.3) is 0 Å². The molecule has 0 spiro atoms. The molecule has 3 aromatic rings. The molecular formula is C13H14N4O2S2. The number of nitrogens with zero attached hydrogens (tertiary/aromatic N) is 2. The lowest BCUT2D eigenvalue weighted by Crippen LogP contribution is -2.12. The van der Waals surface area contributed by atoms with E-state index >= 15 is 0 Å². The number of aromatic nitrogens is 2. The second kappa shape index (κ2) is 5.14. The van der Waals surface area contributed by atoms with Gasteiger partial charge >= 0.3 is 0 Å². The van der Waals surface area contributed by atoms with Crippen LogP contribution in [0.2, 0.25) is 0 Å². The monoisotopic (exact) mass is 322 g/mol. The average Bonchev–Trinajstić information content (AvgIpc) is 2.97. The molecule has 0 saturated heterocycles. The van der Waals surface area contributed by atoms with Crippen molar-refractivity contribution in [2.75, 3.05) is 5.32 Å². The summed E-state index contributed by atoms with van der Waals surface area (Å²) in [6.45, 7) is 2.58. The molecule has 0 atom stereocenters. The maximum absolute atomic E-state index is 11.2. The number of nitrogens with two attached hydrogens (primary N) is 1. The van der Waals surface area contributed by atoms with E-state index in [1.54, 1.807) is 23.5 Å². The standard InChI is InChI=1S/C13H14N4O2S2/c1-9-12(17-6-7-20-13(17)16-9)8-15-10-2-4-11(5-3-10)21(14,18)19/h2-7,15H,8H2,1H3,(H2,14,18,19). The molecule has 8 heteroatoms. The highest BCUT2D eigenvalue weighted by Crippen LogP contribution is 2.19. The number of benzene rings is 1. The maximum atomic E-state index is 11.2. The van der Waals surface area contributed by atoms with Gasteiger partial charge < -0.3 is 5.32 Å². The van der Waals surface area contributed by atoms with Gasteiger partial charge in [0.1, 0.15) is 0 Å². The molecule has 21 heavy (non-hydrogen) atoms. The minimum atomic E-state index is -3.65. The van der Waals surface area contributed by atoms with Crippen LogP contribution < -0.4 is 10.5 Å². The smallest absolute Gasteiger partial charge is 0.238 e. The van der Waals surface area contributed by atoms with E-state index in [9.17, 15) is 8.42 Å². The van der Waals surface area contributed by atoms with Crippen LogP contribution in [0, 0.1) is 6.92 Å². The lowest BCUT2D eigenvalue weighted by Gasteiger charge is -2.07. The lowest BCUT2D eigenvalue weighted by atomic mass is 10.3. The van der Waals surface area contributed by atoms with Crippen LogP contribution in [0.4, 0.5) is 5.69 Å². The summed E-state index contributed by atoms with van der Waals surface area (Å²) in [6.07, 6.45) is 1.99. The van der Waals surface area contributed by atoms with Gasteiger partial charge in [0.2, 0.25) is 10.0 Å². The van der Waals surface area contributed by atoms with Crippen molar-refractivity contribution in [3.05, 3.63) is 47.2 Å². The Kier molecular flexibility index (Phi) is 3.44. The lowest BCUT2D eigenvalue weighted by molar-refractivity contribution is 0.598. The first-order chi connectivity index (χ1) is 9.95. The third kappa shape index (κ3) is 2.78. The minimum Gasteiger partial charge on any atom is -0.379 e. The number of anilines is 1. The predicted molar refractivity (Wildman–Crippen MR) is 82.9 cm³/mol. The number of fused-ring (bicyclic) bond motifs is 1. The topological polar surface area (TPSA) is 89.5 Å². The highest BCUT2D eigenvalue weighted by Gasteiger charge is 2.10. The van der Waals surface area contributed by atoms with Crippen LogP contribution in [-0.4, -0.2) is 17.8 Å². The molecule has 6 nitrogen and oxygen atoms in total. The molecule has 0 unspecified atom stereocenters. The summed E-state index contributed by atoms with van der Waals surface area (Å²) < 4.78 is 24.4. The van der Waals surface area contributed by atoms with Crippen LogP contribution in [0.25, 0.3) is 4.96 Å². The highest BCUT2D eigenvalue weighted by molar-refractivity contribution is 7.89. The highest BCUT2D eigenvalue weighted by atomic mass is 32.2. The number of thiazole rings is 1. The van der Waals surface area contributed by atoms with Gasteiger partial charge in [-0.1, -0.05) is 0 Å². The van der Waals surface area contributed by atoms with E-state index in [2.05, 4.69) is 10.3 Å². The molecule has 0 saturated carbocycles. The van der Waals surface area contributed by atoms with E-state index in [0.29, 0.717) is 6.54 Å². The number of nitrogens with one attached hydrogen (secondary N) is 1. The van der Waals surface area contributed by atoms with Gasteiger partial charge in [0, 0.05) is 17.3 Å². The second-order valence-electron chi connectivity index (χ2n) is 4.62. The van der Waals surface area contributed by atoms with Gasteiger partial charge in [0.15, 0.2) is 4.96 Å². The molecule has 0 radical (unpaired) electrons. The van der Waals surface area contributed by atoms with Crippen LogP contribution in [0.5, 0.6) is 0 Å². The summed E-state index contributed by atoms with van der Waals surface area (Å²) in [4.78, 5) is 5.55. The number of rotatable bonds is 4. The van der Waals surface area contributed by atoms with E-state index in [1.807, 2.05) is 22.9 Å². The average molecular weight is 322 g/mol. The van der Waals surface area contributed by atoms with Crippen molar-refractivity contribution in [1.82, 2.24) is 9.38 Å². The van der Waals surface area contributed by atoms with Crippen LogP contribution >= 0.6 is 11.3 Å². The summed E-state index contributed by atoms with van der Waals surface area (Å²) >= 11 is 1.59. The molecule has 2 heterocycles. The predicted octanol–water partition coefficient (Wildman–Crippen LogP) is 1.96. The Morgan fingerprint density at radius 3 is 2.71 bits per heavy atom. The zero-order chi connectivity index (χ0) is 15.0. The maximum Gasteiger partial charge on any atom is 0.238 e. The molecule has 2 aromatic heterocycles. The number of primary sulfonamides is 1. The fourth-order valence-electron chi connectivity index (χ4n) is 2.10. The number of hydrogen-bond donors (Lipinski definition) is 2. The SMILES string of the molecule is Cc1nc2sccn2c1CNc1ccc(S(N)(=O)=O)cc1. The molecule has 110 valence electrons. The number of imidazole rings is 1. The van der Waals surface area contributed by atoms with Gasteiger partial charge in [-0.25, -0.2) is 18.5 Å². The van der Waals surface area contributed by atoms with E-state index in [0.717, 1.165) is 22.0 Å². The molecule has 3 rings (SSSR count). The normalized spacial score (nSPS) is 11.9. The van der Waals surface area contributed by atoms with Crippen molar-refractivity contribution in [1.29, 1.82) is 0 Å². The summed E-state index contributed by atoms with van der Waals surface area (Å²) in [5.41, 5.74) is 2.89. The molecular weight excluding hydrogens is 308 g/mol. The van der Waals surface area contributed by atoms with E-state index in [4.69, 9.17) is 5.14 Å². The Bertz CT molecular complexity index is 879. The molecule has 0 amide bonds. The third-order valence-corrected chi connectivity index (χ3v) is 4.89. The van der Waals surface area contributed by atoms with Crippen molar-refractivity contribution >= 4 is 32.0 Å². The second-order valence-corrected chi connectivity index (χ2v) is 7.06. The zero-order valence-corrected chi connectivity index (χ0v) is 12.9. The van der Waals surface area contributed by atoms with Crippen molar-refractivity contribution < 1.29 is 8.42 Å². The third-order valence-electron chi connectivity index (χ3n) is 3.20. The molecule has 1 aromatic carbocycles. The minimum absolute atomic E-state index is 0.105. The molecule has 0 fully saturated rings. The van der Waals surface area contributed by atoms with Gasteiger partial charge in [-0.2, -0.15) is 0 Å². The van der Waals surface area contributed by atoms with E-state index < -0.39 is 10.0 Å². The van der Waals surface area contributed by atoms with Crippen LogP contribution in [0.1, 0.15) is 11.4 Å². The van der Waals surface area contributed by atoms with E-state index in [-0.39, 0.29) is 4.90 Å². The van der Waals surface area contributed by atoms with Gasteiger partial charge in [-0.15, -0.1) is 11.3 Å². The van der Waals surface area contributed by atoms with Crippen LogP contribution in [0.3, 0.4) is 0 Å². The first kappa shape index (κ1) is 14.1. The Labute approximate surface area is 126 Å². The van der Waals surface area contributed by atoms with Gasteiger partial charge in [-0.05, 0) is 31.2 Å². The number of hydrogen-bond acceptors (Lipinski definition) is 5. The fraction of sp³-hybridized carbons (Fsp3) is 0.154. The molecule has 0 bridgehead atoms. The quantitative estimate of drug-likeness (QED) is 0.768. The van der Waals surface area contributed by atoms with Gasteiger partial charge in [-0.3, -0.25) is 4.40 Å². The van der Waals surface area contributed by atoms with Crippen LogP contribution in [0.15, 0.2) is 40.7 Å². The first-order valence-electron chi connectivity index (χ1n) is 6.23. The number of aryl methyl sites for hydroxylation is 1. The Morgan fingerprint density at radius 2 is 2.05 bits per heavy atom. The molecule has 0 aliphatic rings. The largest absolute Gasteiger partial charge is 0.379 e. The molecule has 0 aliphatic heterocycles. The summed E-state index contributed by atoms with van der Waals surface area (Å²) in [7, 11) is -3.65. The summed E-state index contributed by atoms with van der Waals surface area (Å²) in [5.74, 6) is 0. The first-order valence-corrected chi connectivity index (χ1v) is 8.65. The molecule has 0 aliphatic carbocycles. The van der Waals surface area contributed by atoms with Gasteiger partial charge in [0.05, 0.1) is 22.8 Å². The van der Waals surface area contributed by atoms with E-state index in [1.165, 1.54) is 12.1 Å². The molecule has 3 N–H and O–H groups in total.